The molecule has 1 amide bonds. The van der Waals surface area contributed by atoms with Crippen LogP contribution in [0.4, 0.5) is 23.2 Å². The number of carbonyl (C=O) groups excluding carboxylic acids is 1. The van der Waals surface area contributed by atoms with E-state index in [0.29, 0.717) is 18.2 Å². The summed E-state index contributed by atoms with van der Waals surface area (Å²) in [6.45, 7) is 1.49. The lowest BCUT2D eigenvalue weighted by Crippen LogP contribution is -2.26. The van der Waals surface area contributed by atoms with Gasteiger partial charge in [-0.15, -0.1) is 5.10 Å². The van der Waals surface area contributed by atoms with Crippen LogP contribution in [0.2, 0.25) is 5.02 Å². The minimum atomic E-state index is -4.57. The third-order valence-corrected chi connectivity index (χ3v) is 5.55. The van der Waals surface area contributed by atoms with Crippen LogP contribution >= 0.6 is 11.6 Å². The second-order valence-electron chi connectivity index (χ2n) is 7.49. The normalized spacial score (nSPS) is 14.6. The van der Waals surface area contributed by atoms with E-state index in [1.54, 1.807) is 6.92 Å². The number of aryl methyl sites for hydroxylation is 1. The summed E-state index contributed by atoms with van der Waals surface area (Å²) in [6.07, 6.45) is -3.98. The van der Waals surface area contributed by atoms with Crippen molar-refractivity contribution in [1.29, 1.82) is 0 Å². The van der Waals surface area contributed by atoms with Crippen LogP contribution in [0.25, 0.3) is 11.4 Å². The number of ether oxygens (including phenoxy) is 1. The monoisotopic (exact) mass is 499 g/mol. The van der Waals surface area contributed by atoms with E-state index in [1.165, 1.54) is 10.6 Å². The molecule has 0 aliphatic carbocycles. The molecule has 34 heavy (non-hydrogen) atoms. The number of carbonyl (C=O) groups is 1. The Morgan fingerprint density at radius 2 is 2.06 bits per heavy atom. The number of nitrogens with one attached hydrogen (secondary N) is 1. The van der Waals surface area contributed by atoms with Gasteiger partial charge in [-0.3, -0.25) is 9.59 Å². The molecule has 4 rings (SSSR count). The maximum Gasteiger partial charge on any atom is 0.416 e. The standard InChI is InChI=1S/C21H18ClF4N5O3/c1-2-12-8-18(33)31-20(28-19(29-31)13-5-6-34-10-15(13)23)30(12)9-17(32)27-16-4-3-11(7-14(16)22)21(24,25)26/h3-4,7-8H,2,5-6,9-10H2,1H3,(H,27,32). The number of amides is 1. The van der Waals surface area contributed by atoms with Crippen LogP contribution in [0, 0.1) is 0 Å². The smallest absolute Gasteiger partial charge is 0.374 e. The van der Waals surface area contributed by atoms with Gasteiger partial charge in [-0.05, 0) is 24.6 Å². The molecule has 3 aromatic rings. The van der Waals surface area contributed by atoms with E-state index in [4.69, 9.17) is 16.3 Å². The number of hydrogen-bond acceptors (Lipinski definition) is 5. The van der Waals surface area contributed by atoms with Crippen molar-refractivity contribution < 1.29 is 27.1 Å². The lowest BCUT2D eigenvalue weighted by Gasteiger charge is -2.14. The highest BCUT2D eigenvalue weighted by molar-refractivity contribution is 6.33. The van der Waals surface area contributed by atoms with Crippen LogP contribution in [0.1, 0.15) is 30.4 Å². The van der Waals surface area contributed by atoms with Crippen molar-refractivity contribution in [2.24, 2.45) is 0 Å². The average Bonchev–Trinajstić information content (AvgIpc) is 3.22. The van der Waals surface area contributed by atoms with Gasteiger partial charge in [0.15, 0.2) is 5.82 Å². The molecule has 0 unspecified atom stereocenters. The van der Waals surface area contributed by atoms with Gasteiger partial charge in [0.2, 0.25) is 11.7 Å². The highest BCUT2D eigenvalue weighted by Gasteiger charge is 2.31. The summed E-state index contributed by atoms with van der Waals surface area (Å²) in [5.74, 6) is -1.11. The van der Waals surface area contributed by atoms with Crippen LogP contribution in [0.5, 0.6) is 0 Å². The van der Waals surface area contributed by atoms with Crippen LogP contribution in [0.15, 0.2) is 34.9 Å². The van der Waals surface area contributed by atoms with Crippen LogP contribution in [-0.4, -0.2) is 38.3 Å². The van der Waals surface area contributed by atoms with Crippen molar-refractivity contribution in [3.63, 3.8) is 0 Å². The number of aromatic nitrogens is 4. The van der Waals surface area contributed by atoms with Gasteiger partial charge in [0.25, 0.3) is 5.56 Å². The quantitative estimate of drug-likeness (QED) is 0.538. The minimum Gasteiger partial charge on any atom is -0.374 e. The number of nitrogens with zero attached hydrogens (tertiary/aromatic N) is 4. The van der Waals surface area contributed by atoms with Crippen LogP contribution in [-0.2, 0) is 28.7 Å². The molecule has 0 radical (unpaired) electrons. The molecule has 1 N–H and O–H groups in total. The van der Waals surface area contributed by atoms with E-state index >= 15 is 0 Å². The zero-order valence-electron chi connectivity index (χ0n) is 17.7. The van der Waals surface area contributed by atoms with Gasteiger partial charge in [0.1, 0.15) is 12.4 Å². The van der Waals surface area contributed by atoms with Gasteiger partial charge in [-0.25, -0.2) is 4.39 Å². The first-order valence-electron chi connectivity index (χ1n) is 10.2. The number of halogens is 5. The largest absolute Gasteiger partial charge is 0.416 e. The molecular formula is C21H18ClF4N5O3. The van der Waals surface area contributed by atoms with Crippen LogP contribution < -0.4 is 10.9 Å². The van der Waals surface area contributed by atoms with E-state index < -0.39 is 29.0 Å². The fourth-order valence-corrected chi connectivity index (χ4v) is 3.78. The fourth-order valence-electron chi connectivity index (χ4n) is 3.55. The number of alkyl halides is 3. The molecule has 180 valence electrons. The second kappa shape index (κ2) is 9.18. The highest BCUT2D eigenvalue weighted by atomic mass is 35.5. The predicted octanol–water partition coefficient (Wildman–Crippen LogP) is 3.87. The lowest BCUT2D eigenvalue weighted by molar-refractivity contribution is -0.137. The maximum atomic E-state index is 14.2. The molecule has 1 aliphatic heterocycles. The Morgan fingerprint density at radius 3 is 2.71 bits per heavy atom. The maximum absolute atomic E-state index is 14.2. The third-order valence-electron chi connectivity index (χ3n) is 5.23. The molecular weight excluding hydrogens is 482 g/mol. The van der Waals surface area contributed by atoms with E-state index in [2.05, 4.69) is 15.4 Å². The SMILES string of the molecule is CCc1cc(=O)n2nc(C3=C(F)COCC3)nc2n1CC(=O)Nc1ccc(C(F)(F)F)cc1Cl. The number of hydrogen-bond donors (Lipinski definition) is 1. The third kappa shape index (κ3) is 4.68. The van der Waals surface area contributed by atoms with Gasteiger partial charge in [-0.1, -0.05) is 18.5 Å². The summed E-state index contributed by atoms with van der Waals surface area (Å²) in [5, 5.41) is 6.30. The Kier molecular flexibility index (Phi) is 6.45. The molecule has 8 nitrogen and oxygen atoms in total. The average molecular weight is 500 g/mol. The zero-order valence-corrected chi connectivity index (χ0v) is 18.5. The zero-order chi connectivity index (χ0) is 24.6. The molecule has 1 aromatic carbocycles. The minimum absolute atomic E-state index is 0.00799. The molecule has 0 atom stereocenters. The van der Waals surface area contributed by atoms with Gasteiger partial charge >= 0.3 is 6.18 Å². The predicted molar refractivity (Wildman–Crippen MR) is 115 cm³/mol. The van der Waals surface area contributed by atoms with Crippen molar-refractivity contribution in [3.8, 4) is 0 Å². The number of rotatable bonds is 5. The summed E-state index contributed by atoms with van der Waals surface area (Å²) in [4.78, 5) is 29.6. The number of benzene rings is 1. The Balaban J connectivity index is 1.68. The van der Waals surface area contributed by atoms with Crippen molar-refractivity contribution in [2.75, 3.05) is 18.5 Å². The molecule has 0 fully saturated rings. The van der Waals surface area contributed by atoms with Gasteiger partial charge in [-0.2, -0.15) is 22.7 Å². The first-order valence-corrected chi connectivity index (χ1v) is 10.6. The number of anilines is 1. The van der Waals surface area contributed by atoms with Gasteiger partial charge in [0.05, 0.1) is 29.5 Å². The van der Waals surface area contributed by atoms with Crippen molar-refractivity contribution in [2.45, 2.75) is 32.5 Å². The summed E-state index contributed by atoms with van der Waals surface area (Å²) in [6, 6.07) is 3.86. The molecule has 0 bridgehead atoms. The van der Waals surface area contributed by atoms with Crippen molar-refractivity contribution in [3.05, 3.63) is 62.6 Å². The molecule has 0 saturated heterocycles. The second-order valence-corrected chi connectivity index (χ2v) is 7.89. The highest BCUT2D eigenvalue weighted by Crippen LogP contribution is 2.33. The van der Waals surface area contributed by atoms with Gasteiger partial charge in [0, 0.05) is 23.8 Å². The summed E-state index contributed by atoms with van der Waals surface area (Å²) in [7, 11) is 0. The van der Waals surface area contributed by atoms with Crippen LogP contribution in [0.3, 0.4) is 0 Å². The summed E-state index contributed by atoms with van der Waals surface area (Å²) < 4.78 is 60.2. The molecule has 3 heterocycles. The first-order chi connectivity index (χ1) is 16.1. The van der Waals surface area contributed by atoms with E-state index in [0.717, 1.165) is 16.6 Å². The Hall–Kier alpha value is -3.25. The van der Waals surface area contributed by atoms with Gasteiger partial charge < -0.3 is 14.6 Å². The molecule has 13 heteroatoms. The molecule has 1 aliphatic rings. The fraction of sp³-hybridized carbons (Fsp3) is 0.333. The Labute approximate surface area is 194 Å². The van der Waals surface area contributed by atoms with Crippen molar-refractivity contribution >= 4 is 34.5 Å². The summed E-state index contributed by atoms with van der Waals surface area (Å²) >= 11 is 5.92. The molecule has 2 aromatic heterocycles. The van der Waals surface area contributed by atoms with Crippen molar-refractivity contribution in [1.82, 2.24) is 19.2 Å². The summed E-state index contributed by atoms with van der Waals surface area (Å²) in [5.41, 5.74) is -0.768. The number of fused-ring (bicyclic) bond motifs is 1. The lowest BCUT2D eigenvalue weighted by atomic mass is 10.1. The molecule has 0 saturated carbocycles. The first kappa shape index (κ1) is 23.9. The van der Waals surface area contributed by atoms with E-state index in [-0.39, 0.29) is 54.1 Å². The topological polar surface area (TPSA) is 90.5 Å². The molecule has 0 spiro atoms. The Bertz CT molecular complexity index is 1360. The Morgan fingerprint density at radius 1 is 1.29 bits per heavy atom. The van der Waals surface area contributed by atoms with E-state index in [9.17, 15) is 27.2 Å². The van der Waals surface area contributed by atoms with E-state index in [1.807, 2.05) is 0 Å².